The SMILES string of the molecule is CC1(C)c2cc(N(c3ccc(-c4nc5ccccc5s4)cc3)c3ccccc3-c3ccccc3)ccc2-c2ccc(N3c4ccccc4C(C)(C)c4cc(-c5nc6ccccc6s5)ccc43)cc21. The van der Waals surface area contributed by atoms with Crippen molar-refractivity contribution in [3.8, 4) is 43.4 Å². The van der Waals surface area contributed by atoms with E-state index in [2.05, 4.69) is 244 Å². The molecular weight excluding hydrogens is 865 g/mol. The van der Waals surface area contributed by atoms with E-state index >= 15 is 0 Å². The van der Waals surface area contributed by atoms with Crippen molar-refractivity contribution in [1.29, 1.82) is 0 Å². The second kappa shape index (κ2) is 15.5. The summed E-state index contributed by atoms with van der Waals surface area (Å²) in [6, 6.07) is 75.4. The monoisotopic (exact) mass is 910 g/mol. The molecule has 0 unspecified atom stereocenters. The molecule has 0 amide bonds. The van der Waals surface area contributed by atoms with E-state index in [9.17, 15) is 0 Å². The van der Waals surface area contributed by atoms with Crippen LogP contribution in [0.1, 0.15) is 49.9 Å². The molecule has 3 heterocycles. The smallest absolute Gasteiger partial charge is 0.124 e. The second-order valence-electron chi connectivity index (χ2n) is 19.0. The van der Waals surface area contributed by atoms with Crippen molar-refractivity contribution in [2.24, 2.45) is 0 Å². The Morgan fingerprint density at radius 2 is 0.956 bits per heavy atom. The number of fused-ring (bicyclic) bond motifs is 7. The Morgan fingerprint density at radius 1 is 0.397 bits per heavy atom. The molecule has 0 bridgehead atoms. The molecule has 0 radical (unpaired) electrons. The lowest BCUT2D eigenvalue weighted by Crippen LogP contribution is -2.30. The minimum atomic E-state index is -0.286. The highest BCUT2D eigenvalue weighted by molar-refractivity contribution is 7.22. The van der Waals surface area contributed by atoms with Crippen molar-refractivity contribution in [1.82, 2.24) is 9.97 Å². The van der Waals surface area contributed by atoms with Gasteiger partial charge < -0.3 is 9.80 Å². The number of anilines is 6. The summed E-state index contributed by atoms with van der Waals surface area (Å²) >= 11 is 3.50. The van der Waals surface area contributed by atoms with Crippen LogP contribution in [0.4, 0.5) is 34.1 Å². The van der Waals surface area contributed by atoms with Crippen molar-refractivity contribution in [2.45, 2.75) is 38.5 Å². The Hall–Kier alpha value is -7.64. The molecule has 0 atom stereocenters. The van der Waals surface area contributed by atoms with Crippen LogP contribution in [0.5, 0.6) is 0 Å². The molecule has 68 heavy (non-hydrogen) atoms. The summed E-state index contributed by atoms with van der Waals surface area (Å²) in [6.07, 6.45) is 0. The minimum absolute atomic E-state index is 0.224. The first-order chi connectivity index (χ1) is 33.2. The highest BCUT2D eigenvalue weighted by atomic mass is 32.1. The molecule has 0 saturated carbocycles. The molecule has 0 N–H and O–H groups in total. The Balaban J connectivity index is 0.913. The van der Waals surface area contributed by atoms with Crippen molar-refractivity contribution in [2.75, 3.05) is 9.80 Å². The van der Waals surface area contributed by atoms with Crippen LogP contribution < -0.4 is 9.80 Å². The van der Waals surface area contributed by atoms with Gasteiger partial charge in [0.25, 0.3) is 0 Å². The minimum Gasteiger partial charge on any atom is -0.310 e. The average Bonchev–Trinajstić information content (AvgIpc) is 4.08. The van der Waals surface area contributed by atoms with Gasteiger partial charge in [-0.15, -0.1) is 22.7 Å². The molecule has 0 spiro atoms. The first-order valence-corrected chi connectivity index (χ1v) is 24.9. The van der Waals surface area contributed by atoms with E-state index in [0.717, 1.165) is 54.9 Å². The summed E-state index contributed by atoms with van der Waals surface area (Å²) in [5.41, 5.74) is 20.9. The number of thiazole rings is 2. The van der Waals surface area contributed by atoms with Crippen LogP contribution in [0.15, 0.2) is 206 Å². The van der Waals surface area contributed by atoms with E-state index in [0.29, 0.717) is 0 Å². The Labute approximate surface area is 405 Å². The molecule has 4 nitrogen and oxygen atoms in total. The predicted molar refractivity (Wildman–Crippen MR) is 288 cm³/mol. The summed E-state index contributed by atoms with van der Waals surface area (Å²) < 4.78 is 2.41. The van der Waals surface area contributed by atoms with Gasteiger partial charge in [-0.3, -0.25) is 0 Å². The third-order valence-corrected chi connectivity index (χ3v) is 16.5. The zero-order chi connectivity index (χ0) is 45.7. The van der Waals surface area contributed by atoms with Gasteiger partial charge in [-0.05, 0) is 142 Å². The van der Waals surface area contributed by atoms with E-state index in [-0.39, 0.29) is 10.8 Å². The van der Waals surface area contributed by atoms with E-state index in [1.54, 1.807) is 22.7 Å². The highest BCUT2D eigenvalue weighted by Gasteiger charge is 2.40. The van der Waals surface area contributed by atoms with Gasteiger partial charge in [0.05, 0.1) is 37.5 Å². The third kappa shape index (κ3) is 6.39. The molecule has 11 aromatic rings. The summed E-state index contributed by atoms with van der Waals surface area (Å²) in [5, 5.41) is 2.08. The van der Waals surface area contributed by atoms with Gasteiger partial charge in [0.1, 0.15) is 10.0 Å². The lowest BCUT2D eigenvalue weighted by molar-refractivity contribution is 0.631. The van der Waals surface area contributed by atoms with Gasteiger partial charge >= 0.3 is 0 Å². The molecule has 1 aliphatic heterocycles. The van der Waals surface area contributed by atoms with Crippen LogP contribution in [-0.4, -0.2) is 9.97 Å². The van der Waals surface area contributed by atoms with Crippen LogP contribution in [0.2, 0.25) is 0 Å². The van der Waals surface area contributed by atoms with Gasteiger partial charge in [0.2, 0.25) is 0 Å². The van der Waals surface area contributed by atoms with Crippen molar-refractivity contribution in [3.05, 3.63) is 229 Å². The third-order valence-electron chi connectivity index (χ3n) is 14.3. The first kappa shape index (κ1) is 40.6. The standard InChI is InChI=1S/C62H46N4S2/c1-61(2)48-19-9-13-23-55(48)66(56-35-28-41(36-51(56)61)60-64-53-21-11-15-25-58(53)68-60)44-32-34-47-46-33-31-43(37-49(46)62(3,4)50(47)38-44)65(54-22-12-8-18-45(54)39-16-6-5-7-17-39)42-29-26-40(27-30-42)59-63-52-20-10-14-24-57(52)67-59/h5-38H,1-4H3. The number of rotatable bonds is 7. The number of aromatic nitrogens is 2. The van der Waals surface area contributed by atoms with Crippen LogP contribution in [0.25, 0.3) is 63.8 Å². The lowest BCUT2D eigenvalue weighted by atomic mass is 9.73. The molecule has 2 aromatic heterocycles. The molecular formula is C62H46N4S2. The first-order valence-electron chi connectivity index (χ1n) is 23.3. The van der Waals surface area contributed by atoms with Gasteiger partial charge in [0, 0.05) is 44.6 Å². The van der Waals surface area contributed by atoms with Crippen molar-refractivity contribution < 1.29 is 0 Å². The average molecular weight is 911 g/mol. The zero-order valence-electron chi connectivity index (χ0n) is 38.2. The van der Waals surface area contributed by atoms with Gasteiger partial charge in [-0.2, -0.15) is 0 Å². The van der Waals surface area contributed by atoms with Crippen molar-refractivity contribution in [3.63, 3.8) is 0 Å². The number of hydrogen-bond donors (Lipinski definition) is 0. The Bertz CT molecular complexity index is 3700. The molecule has 9 aromatic carbocycles. The summed E-state index contributed by atoms with van der Waals surface area (Å²) in [5.74, 6) is 0. The fourth-order valence-corrected chi connectivity index (χ4v) is 12.7. The van der Waals surface area contributed by atoms with E-state index < -0.39 is 0 Å². The molecule has 0 fully saturated rings. The maximum Gasteiger partial charge on any atom is 0.124 e. The van der Waals surface area contributed by atoms with Crippen LogP contribution in [0.3, 0.4) is 0 Å². The van der Waals surface area contributed by atoms with Gasteiger partial charge in [0.15, 0.2) is 0 Å². The molecule has 6 heteroatoms. The van der Waals surface area contributed by atoms with E-state index in [4.69, 9.17) is 9.97 Å². The highest BCUT2D eigenvalue weighted by Crippen LogP contribution is 2.56. The molecule has 0 saturated heterocycles. The van der Waals surface area contributed by atoms with E-state index in [1.165, 1.54) is 65.3 Å². The van der Waals surface area contributed by atoms with Gasteiger partial charge in [-0.25, -0.2) is 9.97 Å². The number of para-hydroxylation sites is 4. The van der Waals surface area contributed by atoms with Crippen molar-refractivity contribution >= 4 is 77.2 Å². The maximum absolute atomic E-state index is 5.07. The lowest BCUT2D eigenvalue weighted by Gasteiger charge is -2.42. The Morgan fingerprint density at radius 3 is 1.69 bits per heavy atom. The predicted octanol–water partition coefficient (Wildman–Crippen LogP) is 17.8. The molecule has 2 aliphatic rings. The normalized spacial score (nSPS) is 14.1. The van der Waals surface area contributed by atoms with Crippen LogP contribution in [0, 0.1) is 0 Å². The summed E-state index contributed by atoms with van der Waals surface area (Å²) in [4.78, 5) is 15.0. The fraction of sp³-hybridized carbons (Fsp3) is 0.0968. The van der Waals surface area contributed by atoms with Gasteiger partial charge in [-0.1, -0.05) is 131 Å². The maximum atomic E-state index is 5.07. The quantitative estimate of drug-likeness (QED) is 0.159. The zero-order valence-corrected chi connectivity index (χ0v) is 39.9. The van der Waals surface area contributed by atoms with Crippen LogP contribution >= 0.6 is 22.7 Å². The Kier molecular flexibility index (Phi) is 9.23. The molecule has 326 valence electrons. The number of benzene rings is 9. The number of hydrogen-bond acceptors (Lipinski definition) is 6. The molecule has 1 aliphatic carbocycles. The summed E-state index contributed by atoms with van der Waals surface area (Å²) in [6.45, 7) is 9.52. The number of nitrogens with zero attached hydrogens (tertiary/aromatic N) is 4. The van der Waals surface area contributed by atoms with Crippen LogP contribution in [-0.2, 0) is 10.8 Å². The topological polar surface area (TPSA) is 32.3 Å². The fourth-order valence-electron chi connectivity index (χ4n) is 10.8. The van der Waals surface area contributed by atoms with E-state index in [1.807, 2.05) is 0 Å². The largest absolute Gasteiger partial charge is 0.310 e. The molecule has 13 rings (SSSR count). The summed E-state index contributed by atoms with van der Waals surface area (Å²) in [7, 11) is 0. The second-order valence-corrected chi connectivity index (χ2v) is 21.1.